The molecular formula is C17H29N6O4P. The van der Waals surface area contributed by atoms with Gasteiger partial charge in [-0.2, -0.15) is 9.97 Å². The summed E-state index contributed by atoms with van der Waals surface area (Å²) in [4.78, 5) is 22.8. The average molecular weight is 412 g/mol. The number of rotatable bonds is 10. The van der Waals surface area contributed by atoms with Crippen molar-refractivity contribution in [2.45, 2.75) is 57.2 Å². The smallest absolute Gasteiger partial charge is 0.253 e. The van der Waals surface area contributed by atoms with Crippen LogP contribution >= 0.6 is 8.53 Å². The van der Waals surface area contributed by atoms with Crippen LogP contribution in [0.1, 0.15) is 45.1 Å². The monoisotopic (exact) mass is 412 g/mol. The Bertz CT molecular complexity index is 769. The van der Waals surface area contributed by atoms with Gasteiger partial charge in [0.1, 0.15) is 0 Å². The van der Waals surface area contributed by atoms with Gasteiger partial charge < -0.3 is 29.2 Å². The molecule has 4 N–H and O–H groups in total. The standard InChI is InChI=1S/C17H29N6O4P/c1-11(23-10-19-14-15(23)20-17(18)21-16(14)26-3)8-13(25-2)9-27-28(24)22-12-6-4-5-7-12/h10-13,22,24H,4-9H2,1-3H3,(H2,18,20,21). The summed E-state index contributed by atoms with van der Waals surface area (Å²) in [7, 11) is 1.52. The van der Waals surface area contributed by atoms with Crippen molar-refractivity contribution >= 4 is 25.6 Å². The number of aromatic nitrogens is 4. The summed E-state index contributed by atoms with van der Waals surface area (Å²) in [5.74, 6) is 0.484. The first-order chi connectivity index (χ1) is 13.5. The molecule has 28 heavy (non-hydrogen) atoms. The van der Waals surface area contributed by atoms with Gasteiger partial charge in [0.25, 0.3) is 8.53 Å². The summed E-state index contributed by atoms with van der Waals surface area (Å²) < 4.78 is 18.3. The van der Waals surface area contributed by atoms with Gasteiger partial charge in [0.05, 0.1) is 26.1 Å². The van der Waals surface area contributed by atoms with Crippen molar-refractivity contribution in [3.05, 3.63) is 6.33 Å². The number of imidazole rings is 1. The number of hydrogen-bond donors (Lipinski definition) is 3. The van der Waals surface area contributed by atoms with Gasteiger partial charge in [0, 0.05) is 19.2 Å². The van der Waals surface area contributed by atoms with Crippen LogP contribution in [0.5, 0.6) is 5.88 Å². The van der Waals surface area contributed by atoms with Gasteiger partial charge in [0.2, 0.25) is 11.8 Å². The molecule has 0 saturated heterocycles. The zero-order chi connectivity index (χ0) is 20.1. The predicted molar refractivity (Wildman–Crippen MR) is 107 cm³/mol. The molecule has 0 spiro atoms. The number of methoxy groups -OCH3 is 2. The summed E-state index contributed by atoms with van der Waals surface area (Å²) >= 11 is 0. The van der Waals surface area contributed by atoms with E-state index >= 15 is 0 Å². The van der Waals surface area contributed by atoms with E-state index in [1.54, 1.807) is 13.4 Å². The average Bonchev–Trinajstić information content (AvgIpc) is 3.33. The first-order valence-corrected chi connectivity index (χ1v) is 10.7. The summed E-state index contributed by atoms with van der Waals surface area (Å²) in [5, 5.41) is 3.16. The number of ether oxygens (including phenoxy) is 2. The molecule has 2 heterocycles. The molecule has 1 aliphatic rings. The lowest BCUT2D eigenvalue weighted by Gasteiger charge is -2.23. The third-order valence-corrected chi connectivity index (χ3v) is 6.02. The minimum Gasteiger partial charge on any atom is -0.479 e. The van der Waals surface area contributed by atoms with Gasteiger partial charge in [-0.1, -0.05) is 12.8 Å². The van der Waals surface area contributed by atoms with Crippen LogP contribution in [0.2, 0.25) is 0 Å². The Balaban J connectivity index is 1.59. The molecule has 2 aromatic rings. The van der Waals surface area contributed by atoms with E-state index in [1.807, 2.05) is 11.5 Å². The number of anilines is 1. The molecule has 1 fully saturated rings. The van der Waals surface area contributed by atoms with E-state index in [9.17, 15) is 4.89 Å². The van der Waals surface area contributed by atoms with E-state index in [-0.39, 0.29) is 18.1 Å². The highest BCUT2D eigenvalue weighted by atomic mass is 31.2. The molecule has 3 atom stereocenters. The molecule has 3 unspecified atom stereocenters. The fourth-order valence-corrected chi connectivity index (χ4v) is 4.45. The van der Waals surface area contributed by atoms with Crippen LogP contribution in [-0.2, 0) is 9.26 Å². The Labute approximate surface area is 165 Å². The van der Waals surface area contributed by atoms with E-state index in [2.05, 4.69) is 20.0 Å². The molecule has 1 aliphatic carbocycles. The predicted octanol–water partition coefficient (Wildman–Crippen LogP) is 2.15. The molecule has 0 radical (unpaired) electrons. The summed E-state index contributed by atoms with van der Waals surface area (Å²) in [5.41, 5.74) is 6.96. The highest BCUT2D eigenvalue weighted by Gasteiger charge is 2.22. The number of nitrogens with one attached hydrogen (secondary N) is 1. The van der Waals surface area contributed by atoms with Crippen molar-refractivity contribution in [2.24, 2.45) is 0 Å². The Kier molecular flexibility index (Phi) is 7.36. The van der Waals surface area contributed by atoms with Crippen LogP contribution in [0.15, 0.2) is 6.33 Å². The largest absolute Gasteiger partial charge is 0.479 e. The summed E-state index contributed by atoms with van der Waals surface area (Å²) in [6.07, 6.45) is 6.76. The van der Waals surface area contributed by atoms with E-state index in [0.717, 1.165) is 12.8 Å². The number of nitrogens with two attached hydrogens (primary N) is 1. The second-order valence-corrected chi connectivity index (χ2v) is 8.10. The Hall–Kier alpha value is -1.58. The van der Waals surface area contributed by atoms with Crippen LogP contribution < -0.4 is 15.6 Å². The Morgan fingerprint density at radius 3 is 2.79 bits per heavy atom. The summed E-state index contributed by atoms with van der Waals surface area (Å²) in [6.45, 7) is 2.34. The third kappa shape index (κ3) is 5.07. The van der Waals surface area contributed by atoms with Crippen molar-refractivity contribution in [3.8, 4) is 5.88 Å². The van der Waals surface area contributed by atoms with Crippen molar-refractivity contribution in [3.63, 3.8) is 0 Å². The molecule has 1 saturated carbocycles. The molecule has 0 bridgehead atoms. The van der Waals surface area contributed by atoms with E-state index in [0.29, 0.717) is 36.1 Å². The van der Waals surface area contributed by atoms with E-state index in [1.165, 1.54) is 20.0 Å². The SMILES string of the molecule is COc1nc(N)nc2c1ncn2C(C)CC(COP(O)NC1CCCC1)OC. The number of nitrogen functional groups attached to an aromatic ring is 1. The molecule has 10 nitrogen and oxygen atoms in total. The van der Waals surface area contributed by atoms with Crippen molar-refractivity contribution in [2.75, 3.05) is 26.6 Å². The minimum absolute atomic E-state index is 0.0188. The zero-order valence-corrected chi connectivity index (χ0v) is 17.4. The van der Waals surface area contributed by atoms with Crippen molar-refractivity contribution in [1.29, 1.82) is 0 Å². The molecular weight excluding hydrogens is 383 g/mol. The number of nitrogens with zero attached hydrogens (tertiary/aromatic N) is 4. The van der Waals surface area contributed by atoms with Crippen LogP contribution in [0.3, 0.4) is 0 Å². The first kappa shape index (κ1) is 21.1. The fraction of sp³-hybridized carbons (Fsp3) is 0.706. The minimum atomic E-state index is -1.64. The molecule has 2 aromatic heterocycles. The number of fused-ring (bicyclic) bond motifs is 1. The maximum Gasteiger partial charge on any atom is 0.253 e. The van der Waals surface area contributed by atoms with Crippen LogP contribution in [0, 0.1) is 0 Å². The fourth-order valence-electron chi connectivity index (χ4n) is 3.50. The third-order valence-electron chi connectivity index (χ3n) is 5.04. The quantitative estimate of drug-likeness (QED) is 0.503. The lowest BCUT2D eigenvalue weighted by Crippen LogP contribution is -2.25. The van der Waals surface area contributed by atoms with Gasteiger partial charge in [0.15, 0.2) is 11.2 Å². The second-order valence-electron chi connectivity index (χ2n) is 7.04. The van der Waals surface area contributed by atoms with Gasteiger partial charge in [-0.25, -0.2) is 10.1 Å². The molecule has 0 aliphatic heterocycles. The van der Waals surface area contributed by atoms with E-state index in [4.69, 9.17) is 19.7 Å². The van der Waals surface area contributed by atoms with Crippen LogP contribution in [0.4, 0.5) is 5.95 Å². The molecule has 3 rings (SSSR count). The highest BCUT2D eigenvalue weighted by molar-refractivity contribution is 7.43. The van der Waals surface area contributed by atoms with E-state index < -0.39 is 8.53 Å². The lowest BCUT2D eigenvalue weighted by molar-refractivity contribution is 0.0428. The molecule has 0 aromatic carbocycles. The summed E-state index contributed by atoms with van der Waals surface area (Å²) in [6, 6.07) is 0.374. The van der Waals surface area contributed by atoms with Gasteiger partial charge in [-0.3, -0.25) is 0 Å². The molecule has 156 valence electrons. The lowest BCUT2D eigenvalue weighted by atomic mass is 10.1. The topological polar surface area (TPSA) is 130 Å². The Morgan fingerprint density at radius 1 is 1.36 bits per heavy atom. The normalized spacial score (nSPS) is 18.4. The highest BCUT2D eigenvalue weighted by Crippen LogP contribution is 2.32. The van der Waals surface area contributed by atoms with Crippen molar-refractivity contribution in [1.82, 2.24) is 24.6 Å². The van der Waals surface area contributed by atoms with Gasteiger partial charge in [-0.05, 0) is 26.2 Å². The van der Waals surface area contributed by atoms with Crippen LogP contribution in [0.25, 0.3) is 11.2 Å². The van der Waals surface area contributed by atoms with Crippen molar-refractivity contribution < 1.29 is 18.9 Å². The maximum absolute atomic E-state index is 10.1. The first-order valence-electron chi connectivity index (χ1n) is 9.46. The van der Waals surface area contributed by atoms with Gasteiger partial charge in [-0.15, -0.1) is 0 Å². The second kappa shape index (κ2) is 9.76. The molecule has 0 amide bonds. The zero-order valence-electron chi connectivity index (χ0n) is 16.5. The Morgan fingerprint density at radius 2 is 2.11 bits per heavy atom. The van der Waals surface area contributed by atoms with Crippen LogP contribution in [-0.4, -0.2) is 57.4 Å². The number of hydrogen-bond acceptors (Lipinski definition) is 9. The van der Waals surface area contributed by atoms with Gasteiger partial charge >= 0.3 is 0 Å². The molecule has 11 heteroatoms. The maximum atomic E-state index is 10.1.